The first-order chi connectivity index (χ1) is 28.3. The van der Waals surface area contributed by atoms with E-state index in [0.29, 0.717) is 0 Å². The lowest BCUT2D eigenvalue weighted by Gasteiger charge is -2.35. The molecular formula is C55H38N2. The summed E-state index contributed by atoms with van der Waals surface area (Å²) < 4.78 is 2.38. The first kappa shape index (κ1) is 33.0. The molecule has 9 aromatic carbocycles. The minimum absolute atomic E-state index is 0.500. The zero-order valence-electron chi connectivity index (χ0n) is 31.3. The average molecular weight is 727 g/mol. The molecule has 0 aliphatic heterocycles. The van der Waals surface area contributed by atoms with E-state index < -0.39 is 5.41 Å². The molecule has 2 heteroatoms. The van der Waals surface area contributed by atoms with Gasteiger partial charge in [0.15, 0.2) is 0 Å². The van der Waals surface area contributed by atoms with Crippen molar-refractivity contribution in [1.82, 2.24) is 4.57 Å². The molecule has 0 bridgehead atoms. The summed E-state index contributed by atoms with van der Waals surface area (Å²) in [6, 6.07) is 84.3. The Hall–Kier alpha value is -7.42. The van der Waals surface area contributed by atoms with Gasteiger partial charge in [0, 0.05) is 33.5 Å². The van der Waals surface area contributed by atoms with Crippen LogP contribution in [0.5, 0.6) is 0 Å². The molecule has 0 amide bonds. The molecule has 10 aromatic rings. The first-order valence-corrected chi connectivity index (χ1v) is 19.7. The van der Waals surface area contributed by atoms with Gasteiger partial charge in [-0.2, -0.15) is 0 Å². The number of hydrogen-bond acceptors (Lipinski definition) is 1. The van der Waals surface area contributed by atoms with Crippen molar-refractivity contribution < 1.29 is 0 Å². The maximum atomic E-state index is 2.43. The van der Waals surface area contributed by atoms with E-state index in [4.69, 9.17) is 0 Å². The summed E-state index contributed by atoms with van der Waals surface area (Å²) in [5, 5.41) is 2.45. The van der Waals surface area contributed by atoms with Gasteiger partial charge in [-0.1, -0.05) is 170 Å². The van der Waals surface area contributed by atoms with Crippen LogP contribution in [-0.2, 0) is 5.41 Å². The molecule has 0 unspecified atom stereocenters. The summed E-state index contributed by atoms with van der Waals surface area (Å²) in [7, 11) is 0. The Balaban J connectivity index is 1.15. The lowest BCUT2D eigenvalue weighted by Crippen LogP contribution is -2.28. The second kappa shape index (κ2) is 13.4. The molecule has 0 spiro atoms. The number of fused-ring (bicyclic) bond motifs is 6. The topological polar surface area (TPSA) is 8.17 Å². The van der Waals surface area contributed by atoms with E-state index in [-0.39, 0.29) is 0 Å². The summed E-state index contributed by atoms with van der Waals surface area (Å²) in [4.78, 5) is 2.43. The third-order valence-corrected chi connectivity index (χ3v) is 11.9. The number of aromatic nitrogens is 1. The molecule has 57 heavy (non-hydrogen) atoms. The summed E-state index contributed by atoms with van der Waals surface area (Å²) in [6.07, 6.45) is 0. The fraction of sp³-hybridized carbons (Fsp3) is 0.0182. The van der Waals surface area contributed by atoms with Gasteiger partial charge in [-0.25, -0.2) is 0 Å². The molecule has 0 saturated heterocycles. The highest BCUT2D eigenvalue weighted by Crippen LogP contribution is 2.56. The SMILES string of the molecule is c1ccc(-c2ccc(N(c3cccc(C4(c5ccccc5)c5ccccc5-c5ccccc54)c3)c3ccc4c(c3)c3ccccc3n4-c3ccccc3)cc2)cc1. The van der Waals surface area contributed by atoms with E-state index in [1.54, 1.807) is 0 Å². The maximum absolute atomic E-state index is 2.43. The average Bonchev–Trinajstić information content (AvgIpc) is 3.78. The fourth-order valence-electron chi connectivity index (χ4n) is 9.43. The van der Waals surface area contributed by atoms with Gasteiger partial charge in [0.05, 0.1) is 16.4 Å². The second-order valence-electron chi connectivity index (χ2n) is 14.9. The molecule has 1 aliphatic rings. The molecule has 2 nitrogen and oxygen atoms in total. The highest BCUT2D eigenvalue weighted by molar-refractivity contribution is 6.10. The van der Waals surface area contributed by atoms with Crippen molar-refractivity contribution in [2.75, 3.05) is 4.90 Å². The van der Waals surface area contributed by atoms with Gasteiger partial charge in [0.25, 0.3) is 0 Å². The van der Waals surface area contributed by atoms with Crippen LogP contribution >= 0.6 is 0 Å². The predicted octanol–water partition coefficient (Wildman–Crippen LogP) is 14.3. The van der Waals surface area contributed by atoms with Crippen LogP contribution in [0.3, 0.4) is 0 Å². The van der Waals surface area contributed by atoms with Crippen molar-refractivity contribution in [3.63, 3.8) is 0 Å². The van der Waals surface area contributed by atoms with Crippen molar-refractivity contribution in [2.45, 2.75) is 5.41 Å². The van der Waals surface area contributed by atoms with E-state index in [2.05, 4.69) is 240 Å². The van der Waals surface area contributed by atoms with Crippen molar-refractivity contribution in [3.8, 4) is 27.9 Å². The van der Waals surface area contributed by atoms with Gasteiger partial charge in [0.1, 0.15) is 0 Å². The monoisotopic (exact) mass is 726 g/mol. The van der Waals surface area contributed by atoms with Gasteiger partial charge >= 0.3 is 0 Å². The Morgan fingerprint density at radius 2 is 0.860 bits per heavy atom. The number of rotatable bonds is 7. The largest absolute Gasteiger partial charge is 0.310 e. The van der Waals surface area contributed by atoms with Crippen molar-refractivity contribution >= 4 is 38.9 Å². The van der Waals surface area contributed by atoms with E-state index in [1.807, 2.05) is 0 Å². The third-order valence-electron chi connectivity index (χ3n) is 11.9. The second-order valence-corrected chi connectivity index (χ2v) is 14.9. The van der Waals surface area contributed by atoms with Crippen LogP contribution in [0.25, 0.3) is 49.7 Å². The van der Waals surface area contributed by atoms with E-state index in [0.717, 1.165) is 22.7 Å². The van der Waals surface area contributed by atoms with Gasteiger partial charge in [0.2, 0.25) is 0 Å². The first-order valence-electron chi connectivity index (χ1n) is 19.7. The molecular weight excluding hydrogens is 689 g/mol. The van der Waals surface area contributed by atoms with Gasteiger partial charge in [-0.3, -0.25) is 0 Å². The molecule has 0 fully saturated rings. The smallest absolute Gasteiger partial charge is 0.0714 e. The Labute approximate surface area is 333 Å². The van der Waals surface area contributed by atoms with Crippen LogP contribution in [0.1, 0.15) is 22.3 Å². The number of nitrogens with zero attached hydrogens (tertiary/aromatic N) is 2. The maximum Gasteiger partial charge on any atom is 0.0714 e. The molecule has 0 saturated carbocycles. The van der Waals surface area contributed by atoms with Crippen molar-refractivity contribution in [2.24, 2.45) is 0 Å². The van der Waals surface area contributed by atoms with E-state index >= 15 is 0 Å². The molecule has 1 aromatic heterocycles. The van der Waals surface area contributed by atoms with Gasteiger partial charge < -0.3 is 9.47 Å². The summed E-state index contributed by atoms with van der Waals surface area (Å²) >= 11 is 0. The molecule has 0 radical (unpaired) electrons. The van der Waals surface area contributed by atoms with E-state index in [9.17, 15) is 0 Å². The molecule has 11 rings (SSSR count). The highest BCUT2D eigenvalue weighted by Gasteiger charge is 2.46. The lowest BCUT2D eigenvalue weighted by molar-refractivity contribution is 0.768. The minimum atomic E-state index is -0.500. The van der Waals surface area contributed by atoms with Crippen LogP contribution in [0.4, 0.5) is 17.1 Å². The Kier molecular flexibility index (Phi) is 7.75. The van der Waals surface area contributed by atoms with Crippen molar-refractivity contribution in [1.29, 1.82) is 0 Å². The molecule has 1 aliphatic carbocycles. The van der Waals surface area contributed by atoms with Crippen molar-refractivity contribution in [3.05, 3.63) is 253 Å². The standard InChI is InChI=1S/C55H38N2/c1-4-17-39(18-5-1)40-31-33-44(34-32-40)56(46-35-36-54-50(38-46)49-27-12-15-30-53(49)57(54)43-22-8-3-9-23-43)45-24-16-21-42(37-45)55(41-19-6-2-7-20-41)51-28-13-10-25-47(51)48-26-11-14-29-52(48)55/h1-38H. The van der Waals surface area contributed by atoms with Crippen LogP contribution in [0.15, 0.2) is 231 Å². The van der Waals surface area contributed by atoms with Crippen LogP contribution < -0.4 is 4.90 Å². The summed E-state index contributed by atoms with van der Waals surface area (Å²) in [5.41, 5.74) is 16.4. The lowest BCUT2D eigenvalue weighted by atomic mass is 9.67. The number of hydrogen-bond donors (Lipinski definition) is 0. The third kappa shape index (κ3) is 5.18. The Morgan fingerprint density at radius 1 is 0.333 bits per heavy atom. The summed E-state index contributed by atoms with van der Waals surface area (Å²) in [5.74, 6) is 0. The number of anilines is 3. The zero-order chi connectivity index (χ0) is 37.8. The normalized spacial score (nSPS) is 12.7. The molecule has 0 atom stereocenters. The van der Waals surface area contributed by atoms with E-state index in [1.165, 1.54) is 66.3 Å². The Bertz CT molecular complexity index is 3010. The molecule has 268 valence electrons. The summed E-state index contributed by atoms with van der Waals surface area (Å²) in [6.45, 7) is 0. The highest BCUT2D eigenvalue weighted by atomic mass is 15.1. The molecule has 1 heterocycles. The quantitative estimate of drug-likeness (QED) is 0.159. The predicted molar refractivity (Wildman–Crippen MR) is 238 cm³/mol. The minimum Gasteiger partial charge on any atom is -0.310 e. The molecule has 0 N–H and O–H groups in total. The van der Waals surface area contributed by atoms with Gasteiger partial charge in [-0.05, 0) is 105 Å². The number of para-hydroxylation sites is 2. The fourth-order valence-corrected chi connectivity index (χ4v) is 9.43. The zero-order valence-corrected chi connectivity index (χ0v) is 31.3. The van der Waals surface area contributed by atoms with Crippen LogP contribution in [-0.4, -0.2) is 4.57 Å². The van der Waals surface area contributed by atoms with Crippen LogP contribution in [0.2, 0.25) is 0 Å². The van der Waals surface area contributed by atoms with Gasteiger partial charge in [-0.15, -0.1) is 0 Å². The van der Waals surface area contributed by atoms with Crippen LogP contribution in [0, 0.1) is 0 Å². The number of benzene rings is 9. The Morgan fingerprint density at radius 3 is 1.58 bits per heavy atom.